The monoisotopic (exact) mass is 276 g/mol. The van der Waals surface area contributed by atoms with Crippen molar-refractivity contribution in [3.05, 3.63) is 40.4 Å². The first-order valence-corrected chi connectivity index (χ1v) is 6.39. The van der Waals surface area contributed by atoms with Gasteiger partial charge in [0.25, 0.3) is 0 Å². The van der Waals surface area contributed by atoms with Gasteiger partial charge in [-0.05, 0) is 31.0 Å². The lowest BCUT2D eigenvalue weighted by atomic mass is 9.82. The van der Waals surface area contributed by atoms with Crippen LogP contribution in [0.25, 0.3) is 5.69 Å². The minimum absolute atomic E-state index is 0.0334. The summed E-state index contributed by atoms with van der Waals surface area (Å²) < 4.78 is 14.8. The molecule has 2 aromatic rings. The number of rotatable bonds is 2. The normalized spacial score (nSPS) is 15.0. The van der Waals surface area contributed by atoms with E-state index >= 15 is 0 Å². The van der Waals surface area contributed by atoms with E-state index in [9.17, 15) is 4.39 Å². The standard InChI is InChI=1S/C13H10ClFN4/c14-10-6-9(4-5-11(10)15)19-13(8-2-1-3-8)12(7-16)17-18-19/h4-6,8H,1-3H2. The van der Waals surface area contributed by atoms with Gasteiger partial charge in [0, 0.05) is 5.92 Å². The highest BCUT2D eigenvalue weighted by Crippen LogP contribution is 2.38. The van der Waals surface area contributed by atoms with E-state index in [2.05, 4.69) is 16.4 Å². The van der Waals surface area contributed by atoms with Crippen molar-refractivity contribution < 1.29 is 4.39 Å². The molecule has 1 aliphatic carbocycles. The van der Waals surface area contributed by atoms with Crippen LogP contribution < -0.4 is 0 Å². The molecule has 96 valence electrons. The van der Waals surface area contributed by atoms with Gasteiger partial charge in [0.2, 0.25) is 0 Å². The largest absolute Gasteiger partial charge is 0.216 e. The fraction of sp³-hybridized carbons (Fsp3) is 0.308. The Kier molecular flexibility index (Phi) is 2.96. The summed E-state index contributed by atoms with van der Waals surface area (Å²) in [6.45, 7) is 0. The van der Waals surface area contributed by atoms with Crippen LogP contribution >= 0.6 is 11.6 Å². The van der Waals surface area contributed by atoms with Crippen molar-refractivity contribution in [2.75, 3.05) is 0 Å². The zero-order valence-electron chi connectivity index (χ0n) is 9.98. The Morgan fingerprint density at radius 2 is 2.21 bits per heavy atom. The van der Waals surface area contributed by atoms with E-state index < -0.39 is 5.82 Å². The molecule has 1 aromatic carbocycles. The number of halogens is 2. The van der Waals surface area contributed by atoms with Crippen LogP contribution in [0.15, 0.2) is 18.2 Å². The van der Waals surface area contributed by atoms with Gasteiger partial charge in [-0.1, -0.05) is 23.2 Å². The smallest absolute Gasteiger partial charge is 0.186 e. The van der Waals surface area contributed by atoms with Crippen molar-refractivity contribution >= 4 is 11.6 Å². The number of hydrogen-bond donors (Lipinski definition) is 0. The van der Waals surface area contributed by atoms with Gasteiger partial charge in [-0.2, -0.15) is 5.26 Å². The quantitative estimate of drug-likeness (QED) is 0.846. The van der Waals surface area contributed by atoms with E-state index in [4.69, 9.17) is 16.9 Å². The molecule has 0 N–H and O–H groups in total. The molecule has 0 radical (unpaired) electrons. The lowest BCUT2D eigenvalue weighted by Gasteiger charge is -2.25. The Balaban J connectivity index is 2.11. The van der Waals surface area contributed by atoms with Gasteiger partial charge in [0.05, 0.1) is 16.4 Å². The minimum Gasteiger partial charge on any atom is -0.216 e. The molecule has 0 amide bonds. The third-order valence-corrected chi connectivity index (χ3v) is 3.74. The molecule has 0 bridgehead atoms. The molecule has 3 rings (SSSR count). The molecule has 1 heterocycles. The van der Waals surface area contributed by atoms with Crippen LogP contribution in [0, 0.1) is 17.1 Å². The van der Waals surface area contributed by atoms with Gasteiger partial charge in [-0.3, -0.25) is 0 Å². The van der Waals surface area contributed by atoms with Crippen LogP contribution in [0.1, 0.15) is 36.6 Å². The van der Waals surface area contributed by atoms with E-state index in [-0.39, 0.29) is 5.02 Å². The van der Waals surface area contributed by atoms with Gasteiger partial charge in [-0.25, -0.2) is 9.07 Å². The SMILES string of the molecule is N#Cc1nnn(-c2ccc(F)c(Cl)c2)c1C1CCC1. The lowest BCUT2D eigenvalue weighted by Crippen LogP contribution is -2.15. The van der Waals surface area contributed by atoms with Gasteiger partial charge in [-0.15, -0.1) is 5.10 Å². The average Bonchev–Trinajstić information content (AvgIpc) is 2.74. The molecule has 0 aliphatic heterocycles. The molecule has 0 atom stereocenters. The van der Waals surface area contributed by atoms with E-state index in [1.54, 1.807) is 10.7 Å². The average molecular weight is 277 g/mol. The number of benzene rings is 1. The molecule has 1 saturated carbocycles. The summed E-state index contributed by atoms with van der Waals surface area (Å²) >= 11 is 5.78. The fourth-order valence-corrected chi connectivity index (χ4v) is 2.40. The predicted octanol–water partition coefficient (Wildman–Crippen LogP) is 3.20. The number of nitrogens with zero attached hydrogens (tertiary/aromatic N) is 4. The van der Waals surface area contributed by atoms with E-state index in [1.807, 2.05) is 0 Å². The first-order chi connectivity index (χ1) is 9.20. The predicted molar refractivity (Wildman–Crippen MR) is 67.6 cm³/mol. The topological polar surface area (TPSA) is 54.5 Å². The summed E-state index contributed by atoms with van der Waals surface area (Å²) in [5.41, 5.74) is 1.77. The summed E-state index contributed by atoms with van der Waals surface area (Å²) in [5, 5.41) is 17.0. The maximum atomic E-state index is 13.2. The maximum Gasteiger partial charge on any atom is 0.186 e. The zero-order valence-corrected chi connectivity index (χ0v) is 10.7. The summed E-state index contributed by atoms with van der Waals surface area (Å²) in [5.74, 6) is -0.176. The summed E-state index contributed by atoms with van der Waals surface area (Å²) in [7, 11) is 0. The summed E-state index contributed by atoms with van der Waals surface area (Å²) in [6.07, 6.45) is 3.19. The maximum absolute atomic E-state index is 13.2. The van der Waals surface area contributed by atoms with Gasteiger partial charge < -0.3 is 0 Å². The lowest BCUT2D eigenvalue weighted by molar-refractivity contribution is 0.402. The van der Waals surface area contributed by atoms with E-state index in [0.29, 0.717) is 17.3 Å². The Bertz CT molecular complexity index is 670. The van der Waals surface area contributed by atoms with Crippen LogP contribution in [0.5, 0.6) is 0 Å². The molecule has 0 spiro atoms. The summed E-state index contributed by atoms with van der Waals surface area (Å²) in [4.78, 5) is 0. The molecule has 1 aromatic heterocycles. The molecule has 1 fully saturated rings. The minimum atomic E-state index is -0.476. The third kappa shape index (κ3) is 1.98. The van der Waals surface area contributed by atoms with Crippen LogP contribution in [0.2, 0.25) is 5.02 Å². The van der Waals surface area contributed by atoms with Crippen molar-refractivity contribution in [1.82, 2.24) is 15.0 Å². The highest BCUT2D eigenvalue weighted by atomic mass is 35.5. The number of nitriles is 1. The Hall–Kier alpha value is -1.93. The van der Waals surface area contributed by atoms with Crippen molar-refractivity contribution in [2.24, 2.45) is 0 Å². The molecule has 1 aliphatic rings. The zero-order chi connectivity index (χ0) is 13.4. The van der Waals surface area contributed by atoms with Crippen molar-refractivity contribution in [3.8, 4) is 11.8 Å². The number of hydrogen-bond acceptors (Lipinski definition) is 3. The second-order valence-corrected chi connectivity index (χ2v) is 4.98. The second kappa shape index (κ2) is 4.63. The van der Waals surface area contributed by atoms with Crippen molar-refractivity contribution in [3.63, 3.8) is 0 Å². The van der Waals surface area contributed by atoms with Crippen LogP contribution in [-0.4, -0.2) is 15.0 Å². The molecular weight excluding hydrogens is 267 g/mol. The van der Waals surface area contributed by atoms with E-state index in [0.717, 1.165) is 25.0 Å². The first-order valence-electron chi connectivity index (χ1n) is 6.02. The second-order valence-electron chi connectivity index (χ2n) is 4.57. The van der Waals surface area contributed by atoms with Crippen LogP contribution in [0.4, 0.5) is 4.39 Å². The third-order valence-electron chi connectivity index (χ3n) is 3.45. The summed E-state index contributed by atoms with van der Waals surface area (Å²) in [6, 6.07) is 6.42. The highest BCUT2D eigenvalue weighted by molar-refractivity contribution is 6.30. The van der Waals surface area contributed by atoms with Crippen molar-refractivity contribution in [1.29, 1.82) is 5.26 Å². The molecule has 19 heavy (non-hydrogen) atoms. The van der Waals surface area contributed by atoms with Crippen LogP contribution in [-0.2, 0) is 0 Å². The van der Waals surface area contributed by atoms with Crippen molar-refractivity contribution in [2.45, 2.75) is 25.2 Å². The Labute approximate surface area is 114 Å². The Morgan fingerprint density at radius 3 is 2.79 bits per heavy atom. The van der Waals surface area contributed by atoms with Gasteiger partial charge >= 0.3 is 0 Å². The highest BCUT2D eigenvalue weighted by Gasteiger charge is 2.28. The first kappa shape index (κ1) is 12.1. The molecular formula is C13H10ClFN4. The Morgan fingerprint density at radius 1 is 1.42 bits per heavy atom. The molecule has 4 nitrogen and oxygen atoms in total. The molecule has 6 heteroatoms. The van der Waals surface area contributed by atoms with Gasteiger partial charge in [0.1, 0.15) is 11.9 Å². The number of aromatic nitrogens is 3. The van der Waals surface area contributed by atoms with Crippen LogP contribution in [0.3, 0.4) is 0 Å². The molecule has 0 unspecified atom stereocenters. The fourth-order valence-electron chi connectivity index (χ4n) is 2.22. The molecule has 0 saturated heterocycles. The van der Waals surface area contributed by atoms with Gasteiger partial charge in [0.15, 0.2) is 5.69 Å². The van der Waals surface area contributed by atoms with E-state index in [1.165, 1.54) is 12.1 Å².